The van der Waals surface area contributed by atoms with Crippen molar-refractivity contribution < 1.29 is 27.2 Å². The molecule has 0 bridgehead atoms. The molecule has 2 aromatic rings. The van der Waals surface area contributed by atoms with Crippen LogP contribution in [0.4, 0.5) is 0 Å². The van der Waals surface area contributed by atoms with Crippen molar-refractivity contribution in [2.45, 2.75) is 79.4 Å². The zero-order valence-corrected chi connectivity index (χ0v) is 26.3. The molecule has 36 heavy (non-hydrogen) atoms. The van der Waals surface area contributed by atoms with E-state index in [2.05, 4.69) is 10.1 Å². The SMILES string of the molecule is CC(C)OP(=O)(OC(C)C)SCc1ccccc1.CCOP(=S)(OCC)Oc1nc(Cl)n(C(C)C)n1. The van der Waals surface area contributed by atoms with Crippen molar-refractivity contribution in [2.24, 2.45) is 0 Å². The van der Waals surface area contributed by atoms with Crippen molar-refractivity contribution in [1.82, 2.24) is 14.8 Å². The summed E-state index contributed by atoms with van der Waals surface area (Å²) in [6.45, 7) is 9.82. The second kappa shape index (κ2) is 16.5. The number of nitrogens with zero attached hydrogens (tertiary/aromatic N) is 3. The van der Waals surface area contributed by atoms with Crippen molar-refractivity contribution in [3.8, 4) is 6.01 Å². The van der Waals surface area contributed by atoms with E-state index >= 15 is 0 Å². The van der Waals surface area contributed by atoms with Crippen molar-refractivity contribution in [3.63, 3.8) is 0 Å². The van der Waals surface area contributed by atoms with Crippen LogP contribution in [0.3, 0.4) is 0 Å². The average Bonchev–Trinajstić information content (AvgIpc) is 3.12. The lowest BCUT2D eigenvalue weighted by atomic mass is 10.2. The van der Waals surface area contributed by atoms with Gasteiger partial charge >= 0.3 is 19.5 Å². The van der Waals surface area contributed by atoms with Gasteiger partial charge in [-0.2, -0.15) is 4.98 Å². The first-order valence-corrected chi connectivity index (χ1v) is 17.8. The first-order valence-electron chi connectivity index (χ1n) is 11.7. The number of rotatable bonds is 14. The molecule has 0 fully saturated rings. The maximum atomic E-state index is 12.5. The van der Waals surface area contributed by atoms with Gasteiger partial charge in [0.25, 0.3) is 0 Å². The molecule has 0 atom stereocenters. The fraction of sp³-hybridized carbons (Fsp3) is 0.636. The Balaban J connectivity index is 0.000000360. The molecule has 1 aromatic heterocycles. The molecule has 9 nitrogen and oxygen atoms in total. The molecule has 1 aromatic carbocycles. The summed E-state index contributed by atoms with van der Waals surface area (Å²) in [4.78, 5) is 3.98. The Morgan fingerprint density at radius 3 is 1.94 bits per heavy atom. The van der Waals surface area contributed by atoms with Crippen molar-refractivity contribution >= 4 is 48.3 Å². The van der Waals surface area contributed by atoms with Crippen molar-refractivity contribution in [1.29, 1.82) is 0 Å². The average molecular weight is 602 g/mol. The lowest BCUT2D eigenvalue weighted by Crippen LogP contribution is -2.06. The van der Waals surface area contributed by atoms with Gasteiger partial charge in [-0.25, -0.2) is 9.25 Å². The molecule has 0 aliphatic carbocycles. The quantitative estimate of drug-likeness (QED) is 0.198. The summed E-state index contributed by atoms with van der Waals surface area (Å²) in [5.74, 6) is 0.623. The van der Waals surface area contributed by atoms with Gasteiger partial charge in [0.1, 0.15) is 0 Å². The highest BCUT2D eigenvalue weighted by Crippen LogP contribution is 2.63. The van der Waals surface area contributed by atoms with E-state index in [4.69, 9.17) is 46.0 Å². The number of aromatic nitrogens is 3. The van der Waals surface area contributed by atoms with Crippen LogP contribution in [0.15, 0.2) is 30.3 Å². The molecular formula is C22H38ClN3O6P2S2. The number of benzene rings is 1. The first-order chi connectivity index (χ1) is 16.8. The normalized spacial score (nSPS) is 12.2. The molecule has 0 radical (unpaired) electrons. The van der Waals surface area contributed by atoms with E-state index < -0.39 is 13.5 Å². The maximum Gasteiger partial charge on any atom is 0.389 e. The lowest BCUT2D eigenvalue weighted by molar-refractivity contribution is 0.155. The summed E-state index contributed by atoms with van der Waals surface area (Å²) in [6.07, 6.45) is -0.226. The monoisotopic (exact) mass is 601 g/mol. The molecule has 0 spiro atoms. The van der Waals surface area contributed by atoms with Crippen LogP contribution < -0.4 is 4.52 Å². The Bertz CT molecular complexity index is 971. The first kappa shape index (κ1) is 33.5. The third-order valence-corrected chi connectivity index (χ3v) is 10.4. The molecule has 0 unspecified atom stereocenters. The van der Waals surface area contributed by atoms with E-state index in [0.717, 1.165) is 5.56 Å². The molecule has 14 heteroatoms. The van der Waals surface area contributed by atoms with Crippen LogP contribution in [-0.4, -0.2) is 40.2 Å². The predicted octanol–water partition coefficient (Wildman–Crippen LogP) is 8.07. The zero-order chi connectivity index (χ0) is 27.4. The standard InChI is InChI=1S/C13H21O3PS.C9H17ClN3O3PS/c1-11(2)15-17(14,16-12(3)4)18-10-13-8-6-5-7-9-13;1-5-14-17(18,15-6-2)16-9-11-8(10)13(12-9)7(3)4/h5-9,11-12H,10H2,1-4H3;7H,5-6H2,1-4H3. The minimum absolute atomic E-state index is 0.0823. The summed E-state index contributed by atoms with van der Waals surface area (Å²) in [5.41, 5.74) is 1.11. The zero-order valence-electron chi connectivity index (χ0n) is 22.1. The van der Waals surface area contributed by atoms with Gasteiger partial charge in [0.15, 0.2) is 0 Å². The molecular weight excluding hydrogens is 564 g/mol. The van der Waals surface area contributed by atoms with Gasteiger partial charge in [-0.15, -0.1) is 5.10 Å². The Labute approximate surface area is 229 Å². The van der Waals surface area contributed by atoms with Crippen LogP contribution in [-0.2, 0) is 40.2 Å². The molecule has 0 aliphatic heterocycles. The van der Waals surface area contributed by atoms with Gasteiger partial charge in [-0.3, -0.25) is 18.1 Å². The van der Waals surface area contributed by atoms with Gasteiger partial charge in [-0.05, 0) is 83.9 Å². The van der Waals surface area contributed by atoms with Crippen molar-refractivity contribution in [2.75, 3.05) is 13.2 Å². The second-order valence-corrected chi connectivity index (χ2v) is 15.3. The highest BCUT2D eigenvalue weighted by Gasteiger charge is 2.28. The predicted molar refractivity (Wildman–Crippen MR) is 151 cm³/mol. The third kappa shape index (κ3) is 12.9. The van der Waals surface area contributed by atoms with E-state index in [9.17, 15) is 4.57 Å². The van der Waals surface area contributed by atoms with Crippen LogP contribution >= 0.6 is 36.5 Å². The van der Waals surface area contributed by atoms with E-state index in [1.807, 2.05) is 85.7 Å². The molecule has 0 aliphatic rings. The number of hydrogen-bond acceptors (Lipinski definition) is 10. The minimum Gasteiger partial charge on any atom is -0.388 e. The molecule has 2 rings (SSSR count). The summed E-state index contributed by atoms with van der Waals surface area (Å²) >= 11 is 12.4. The molecule has 206 valence electrons. The Hall–Kier alpha value is -0.480. The van der Waals surface area contributed by atoms with Crippen molar-refractivity contribution in [3.05, 3.63) is 41.2 Å². The summed E-state index contributed by atoms with van der Waals surface area (Å²) in [5, 5.41) is 4.36. The number of hydrogen-bond donors (Lipinski definition) is 0. The topological polar surface area (TPSA) is 93.9 Å². The fourth-order valence-corrected chi connectivity index (χ4v) is 8.74. The summed E-state index contributed by atoms with van der Waals surface area (Å²) in [7, 11) is 0. The summed E-state index contributed by atoms with van der Waals surface area (Å²) in [6, 6.07) is 10.1. The van der Waals surface area contributed by atoms with E-state index in [1.54, 1.807) is 0 Å². The van der Waals surface area contributed by atoms with E-state index in [0.29, 0.717) is 19.0 Å². The largest absolute Gasteiger partial charge is 0.389 e. The van der Waals surface area contributed by atoms with Crippen LogP contribution in [0.2, 0.25) is 5.28 Å². The van der Waals surface area contributed by atoms with E-state index in [1.165, 1.54) is 16.1 Å². The second-order valence-electron chi connectivity index (χ2n) is 8.09. The Morgan fingerprint density at radius 2 is 1.53 bits per heavy atom. The highest BCUT2D eigenvalue weighted by atomic mass is 35.5. The Kier molecular flexibility index (Phi) is 15.4. The minimum atomic E-state index is -3.08. The molecule has 0 saturated heterocycles. The molecule has 0 N–H and O–H groups in total. The van der Waals surface area contributed by atoms with Crippen LogP contribution in [0.1, 0.15) is 67.0 Å². The maximum absolute atomic E-state index is 12.5. The smallest absolute Gasteiger partial charge is 0.388 e. The Morgan fingerprint density at radius 1 is 1.00 bits per heavy atom. The lowest BCUT2D eigenvalue weighted by Gasteiger charge is -2.21. The third-order valence-electron chi connectivity index (χ3n) is 3.74. The van der Waals surface area contributed by atoms with Crippen LogP contribution in [0, 0.1) is 0 Å². The highest BCUT2D eigenvalue weighted by molar-refractivity contribution is 8.54. The molecule has 1 heterocycles. The van der Waals surface area contributed by atoms with Gasteiger partial charge in [0, 0.05) is 23.6 Å². The van der Waals surface area contributed by atoms with Gasteiger partial charge in [0.05, 0.1) is 25.4 Å². The number of halogens is 1. The van der Waals surface area contributed by atoms with Crippen LogP contribution in [0.5, 0.6) is 6.01 Å². The molecule has 0 saturated carbocycles. The van der Waals surface area contributed by atoms with Crippen LogP contribution in [0.25, 0.3) is 0 Å². The molecule has 0 amide bonds. The van der Waals surface area contributed by atoms with Gasteiger partial charge < -0.3 is 4.52 Å². The fourth-order valence-electron chi connectivity index (χ4n) is 2.49. The van der Waals surface area contributed by atoms with Gasteiger partial charge in [0.2, 0.25) is 5.28 Å². The van der Waals surface area contributed by atoms with E-state index in [-0.39, 0.29) is 29.5 Å². The summed E-state index contributed by atoms with van der Waals surface area (Å²) < 4.78 is 41.1. The van der Waals surface area contributed by atoms with Gasteiger partial charge in [-0.1, -0.05) is 30.3 Å².